The third-order valence-corrected chi connectivity index (χ3v) is 9.70. The topological polar surface area (TPSA) is 26.8 Å². The van der Waals surface area contributed by atoms with Crippen molar-refractivity contribution < 1.29 is 4.79 Å². The summed E-state index contributed by atoms with van der Waals surface area (Å²) in [5.41, 5.74) is 8.19. The van der Waals surface area contributed by atoms with Crippen molar-refractivity contribution in [2.75, 3.05) is 31.1 Å². The summed E-state index contributed by atoms with van der Waals surface area (Å²) in [6, 6.07) is 37.1. The number of likely N-dealkylation sites (tertiary alicyclic amines) is 2. The molecule has 216 valence electrons. The summed E-state index contributed by atoms with van der Waals surface area (Å²) >= 11 is 0. The fourth-order valence-electron chi connectivity index (χ4n) is 7.09. The second-order valence-electron chi connectivity index (χ2n) is 12.4. The number of carbonyl (C=O) groups is 1. The molecule has 4 aromatic rings. The lowest BCUT2D eigenvalue weighted by atomic mass is 9.85. The van der Waals surface area contributed by atoms with Crippen molar-refractivity contribution in [1.82, 2.24) is 9.80 Å². The van der Waals surface area contributed by atoms with Crippen molar-refractivity contribution >= 4 is 17.3 Å². The molecule has 0 spiro atoms. The molecule has 0 radical (unpaired) electrons. The van der Waals surface area contributed by atoms with Crippen LogP contribution in [0, 0.1) is 13.8 Å². The minimum Gasteiger partial charge on any atom is -0.338 e. The first-order valence-electron chi connectivity index (χ1n) is 15.5. The predicted octanol–water partition coefficient (Wildman–Crippen LogP) is 8.27. The molecule has 2 saturated heterocycles. The zero-order chi connectivity index (χ0) is 29.1. The van der Waals surface area contributed by atoms with Crippen LogP contribution in [0.3, 0.4) is 0 Å². The van der Waals surface area contributed by atoms with Crippen LogP contribution < -0.4 is 4.90 Å². The average molecular weight is 558 g/mol. The van der Waals surface area contributed by atoms with E-state index in [1.54, 1.807) is 0 Å². The summed E-state index contributed by atoms with van der Waals surface area (Å²) in [5.74, 6) is 0.197. The number of para-hydroxylation sites is 1. The van der Waals surface area contributed by atoms with E-state index in [1.165, 1.54) is 22.5 Å². The van der Waals surface area contributed by atoms with E-state index >= 15 is 0 Å². The lowest BCUT2D eigenvalue weighted by Gasteiger charge is -2.50. The second kappa shape index (κ2) is 12.1. The van der Waals surface area contributed by atoms with E-state index in [-0.39, 0.29) is 11.4 Å². The van der Waals surface area contributed by atoms with Gasteiger partial charge in [0.05, 0.1) is 0 Å². The van der Waals surface area contributed by atoms with Gasteiger partial charge in [0.2, 0.25) is 0 Å². The lowest BCUT2D eigenvalue weighted by molar-refractivity contribution is 0.0176. The molecule has 42 heavy (non-hydrogen) atoms. The van der Waals surface area contributed by atoms with E-state index in [9.17, 15) is 4.79 Å². The summed E-state index contributed by atoms with van der Waals surface area (Å²) in [5, 5.41) is 0. The number of nitrogens with zero attached hydrogens (tertiary/aromatic N) is 3. The van der Waals surface area contributed by atoms with Gasteiger partial charge in [-0.25, -0.2) is 0 Å². The largest absolute Gasteiger partial charge is 0.338 e. The lowest BCUT2D eigenvalue weighted by Crippen LogP contribution is -2.57. The standard InChI is InChI=1S/C38H43N3O/c1-29-11-10-12-30(2)36(29)37(42)39-27-23-38(3,24-28-39)40-25-21-35(22-26-40)41(33-15-8-5-9-16-33)34-19-17-32(18-20-34)31-13-6-4-7-14-31/h4-20,35H,21-28H2,1-3H3. The van der Waals surface area contributed by atoms with E-state index in [1.807, 2.05) is 6.07 Å². The molecule has 0 aromatic heterocycles. The number of anilines is 2. The highest BCUT2D eigenvalue weighted by atomic mass is 16.2. The van der Waals surface area contributed by atoms with Crippen LogP contribution in [-0.4, -0.2) is 53.5 Å². The molecule has 1 amide bonds. The van der Waals surface area contributed by atoms with Gasteiger partial charge in [0.25, 0.3) is 5.91 Å². The third-order valence-electron chi connectivity index (χ3n) is 9.70. The molecule has 0 aliphatic carbocycles. The van der Waals surface area contributed by atoms with Crippen molar-refractivity contribution in [3.8, 4) is 11.1 Å². The summed E-state index contributed by atoms with van der Waals surface area (Å²) in [6.45, 7) is 10.3. The van der Waals surface area contributed by atoms with Gasteiger partial charge in [0.1, 0.15) is 0 Å². The van der Waals surface area contributed by atoms with E-state index in [0.29, 0.717) is 6.04 Å². The zero-order valence-corrected chi connectivity index (χ0v) is 25.3. The molecule has 4 aromatic carbocycles. The Balaban J connectivity index is 1.13. The molecule has 0 unspecified atom stereocenters. The zero-order valence-electron chi connectivity index (χ0n) is 25.3. The molecule has 0 atom stereocenters. The number of rotatable bonds is 6. The fraction of sp³-hybridized carbons (Fsp3) is 0.342. The van der Waals surface area contributed by atoms with Gasteiger partial charge in [-0.05, 0) is 93.0 Å². The maximum Gasteiger partial charge on any atom is 0.254 e. The Kier molecular flexibility index (Phi) is 8.17. The molecule has 0 saturated carbocycles. The van der Waals surface area contributed by atoms with E-state index in [0.717, 1.165) is 68.6 Å². The van der Waals surface area contributed by atoms with Crippen LogP contribution in [-0.2, 0) is 0 Å². The Hall–Kier alpha value is -3.89. The van der Waals surface area contributed by atoms with Crippen molar-refractivity contribution in [2.45, 2.75) is 58.0 Å². The molecule has 2 heterocycles. The fourth-order valence-corrected chi connectivity index (χ4v) is 7.09. The highest BCUT2D eigenvalue weighted by Crippen LogP contribution is 2.37. The number of piperidine rings is 2. The highest BCUT2D eigenvalue weighted by molar-refractivity contribution is 5.97. The molecule has 4 nitrogen and oxygen atoms in total. The molecular weight excluding hydrogens is 514 g/mol. The van der Waals surface area contributed by atoms with Gasteiger partial charge in [-0.3, -0.25) is 9.69 Å². The van der Waals surface area contributed by atoms with Gasteiger partial charge < -0.3 is 9.80 Å². The Morgan fingerprint density at radius 3 is 1.79 bits per heavy atom. The molecule has 2 aliphatic rings. The highest BCUT2D eigenvalue weighted by Gasteiger charge is 2.39. The van der Waals surface area contributed by atoms with E-state index in [4.69, 9.17) is 0 Å². The molecule has 2 aliphatic heterocycles. The first kappa shape index (κ1) is 28.2. The monoisotopic (exact) mass is 557 g/mol. The molecule has 2 fully saturated rings. The number of hydrogen-bond donors (Lipinski definition) is 0. The number of amides is 1. The Bertz CT molecular complexity index is 1460. The molecule has 4 heteroatoms. The Morgan fingerprint density at radius 1 is 0.667 bits per heavy atom. The number of hydrogen-bond acceptors (Lipinski definition) is 3. The summed E-state index contributed by atoms with van der Waals surface area (Å²) in [6.07, 6.45) is 4.29. The van der Waals surface area contributed by atoms with E-state index in [2.05, 4.69) is 133 Å². The second-order valence-corrected chi connectivity index (χ2v) is 12.4. The minimum atomic E-state index is 0.136. The quantitative estimate of drug-likeness (QED) is 0.239. The summed E-state index contributed by atoms with van der Waals surface area (Å²) < 4.78 is 0. The number of aryl methyl sites for hydroxylation is 2. The van der Waals surface area contributed by atoms with Crippen molar-refractivity contribution in [2.24, 2.45) is 0 Å². The molecule has 6 rings (SSSR count). The molecule has 0 bridgehead atoms. The first-order chi connectivity index (χ1) is 20.4. The first-order valence-corrected chi connectivity index (χ1v) is 15.5. The predicted molar refractivity (Wildman–Crippen MR) is 175 cm³/mol. The summed E-state index contributed by atoms with van der Waals surface area (Å²) in [4.78, 5) is 20.8. The van der Waals surface area contributed by atoms with Crippen LogP contribution in [0.15, 0.2) is 103 Å². The van der Waals surface area contributed by atoms with Gasteiger partial charge >= 0.3 is 0 Å². The number of benzene rings is 4. The maximum absolute atomic E-state index is 13.4. The SMILES string of the molecule is Cc1cccc(C)c1C(=O)N1CCC(C)(N2CCC(N(c3ccccc3)c3ccc(-c4ccccc4)cc3)CC2)CC1. The maximum atomic E-state index is 13.4. The summed E-state index contributed by atoms with van der Waals surface area (Å²) in [7, 11) is 0. The minimum absolute atomic E-state index is 0.136. The Morgan fingerprint density at radius 2 is 1.19 bits per heavy atom. The van der Waals surface area contributed by atoms with Crippen LogP contribution in [0.4, 0.5) is 11.4 Å². The molecular formula is C38H43N3O. The van der Waals surface area contributed by atoms with Gasteiger partial charge in [0, 0.05) is 54.7 Å². The van der Waals surface area contributed by atoms with E-state index < -0.39 is 0 Å². The van der Waals surface area contributed by atoms with Crippen molar-refractivity contribution in [3.05, 3.63) is 120 Å². The van der Waals surface area contributed by atoms with Gasteiger partial charge in [0.15, 0.2) is 0 Å². The van der Waals surface area contributed by atoms with Gasteiger partial charge in [-0.2, -0.15) is 0 Å². The van der Waals surface area contributed by atoms with Gasteiger partial charge in [-0.1, -0.05) is 78.9 Å². The van der Waals surface area contributed by atoms with Crippen molar-refractivity contribution in [3.63, 3.8) is 0 Å². The van der Waals surface area contributed by atoms with Crippen LogP contribution >= 0.6 is 0 Å². The van der Waals surface area contributed by atoms with Crippen LogP contribution in [0.5, 0.6) is 0 Å². The van der Waals surface area contributed by atoms with Crippen molar-refractivity contribution in [1.29, 1.82) is 0 Å². The third kappa shape index (κ3) is 5.73. The van der Waals surface area contributed by atoms with Crippen LogP contribution in [0.1, 0.15) is 54.1 Å². The van der Waals surface area contributed by atoms with Crippen LogP contribution in [0.25, 0.3) is 11.1 Å². The normalized spacial score (nSPS) is 17.6. The smallest absolute Gasteiger partial charge is 0.254 e. The van der Waals surface area contributed by atoms with Gasteiger partial charge in [-0.15, -0.1) is 0 Å². The molecule has 0 N–H and O–H groups in total. The van der Waals surface area contributed by atoms with Crippen LogP contribution in [0.2, 0.25) is 0 Å². The Labute approximate surface area is 251 Å². The number of carbonyl (C=O) groups excluding carboxylic acids is 1. The average Bonchev–Trinajstić information content (AvgIpc) is 3.03.